The zero-order valence-corrected chi connectivity index (χ0v) is 20.1. The molecule has 0 aliphatic carbocycles. The van der Waals surface area contributed by atoms with E-state index >= 15 is 0 Å². The van der Waals surface area contributed by atoms with E-state index in [1.54, 1.807) is 0 Å². The number of nitro groups is 1. The first-order chi connectivity index (χ1) is 17.5. The number of hydrogen-bond donors (Lipinski definition) is 1. The summed E-state index contributed by atoms with van der Waals surface area (Å²) in [6, 6.07) is 21.8. The Morgan fingerprint density at radius 3 is 2.28 bits per heavy atom. The highest BCUT2D eigenvalue weighted by molar-refractivity contribution is 6.05. The summed E-state index contributed by atoms with van der Waals surface area (Å²) in [5, 5.41) is 13.7. The van der Waals surface area contributed by atoms with E-state index in [4.69, 9.17) is 4.98 Å². The van der Waals surface area contributed by atoms with Gasteiger partial charge in [0.1, 0.15) is 5.82 Å². The predicted octanol–water partition coefficient (Wildman–Crippen LogP) is 4.05. The summed E-state index contributed by atoms with van der Waals surface area (Å²) in [5.74, 6) is 0.661. The molecule has 4 aromatic rings. The first kappa shape index (κ1) is 23.7. The third-order valence-corrected chi connectivity index (χ3v) is 6.65. The number of carbonyl (C=O) groups excluding carboxylic acids is 1. The maximum absolute atomic E-state index is 12.6. The van der Waals surface area contributed by atoms with Gasteiger partial charge in [-0.2, -0.15) is 0 Å². The van der Waals surface area contributed by atoms with Crippen molar-refractivity contribution in [3.05, 3.63) is 99.9 Å². The Balaban J connectivity index is 1.21. The van der Waals surface area contributed by atoms with E-state index in [0.29, 0.717) is 11.3 Å². The van der Waals surface area contributed by atoms with Gasteiger partial charge in [0, 0.05) is 63.2 Å². The van der Waals surface area contributed by atoms with Crippen molar-refractivity contribution >= 4 is 28.3 Å². The highest BCUT2D eigenvalue weighted by Gasteiger charge is 2.19. The molecule has 1 aliphatic heterocycles. The maximum Gasteiger partial charge on any atom is 0.269 e. The fraction of sp³-hybridized carbons (Fsp3) is 0.259. The molecule has 36 heavy (non-hydrogen) atoms. The fourth-order valence-corrected chi connectivity index (χ4v) is 4.55. The summed E-state index contributed by atoms with van der Waals surface area (Å²) in [4.78, 5) is 32.7. The van der Waals surface area contributed by atoms with Crippen molar-refractivity contribution in [1.82, 2.24) is 19.4 Å². The zero-order valence-electron chi connectivity index (χ0n) is 20.1. The lowest BCUT2D eigenvalue weighted by molar-refractivity contribution is -0.384. The van der Waals surface area contributed by atoms with Gasteiger partial charge in [-0.25, -0.2) is 4.98 Å². The molecule has 1 saturated heterocycles. The molecule has 3 aromatic carbocycles. The Bertz CT molecular complexity index is 1380. The van der Waals surface area contributed by atoms with Crippen LogP contribution in [0.1, 0.15) is 21.7 Å². The number of nitrogens with zero attached hydrogens (tertiary/aromatic N) is 5. The summed E-state index contributed by atoms with van der Waals surface area (Å²) in [6.45, 7) is 5.79. The van der Waals surface area contributed by atoms with E-state index in [1.807, 2.05) is 31.3 Å². The third kappa shape index (κ3) is 5.27. The van der Waals surface area contributed by atoms with E-state index in [2.05, 4.69) is 43.9 Å². The van der Waals surface area contributed by atoms with Crippen LogP contribution in [-0.2, 0) is 20.1 Å². The number of nitro benzene ring substituents is 1. The second kappa shape index (κ2) is 10.3. The molecule has 1 aliphatic rings. The van der Waals surface area contributed by atoms with Gasteiger partial charge >= 0.3 is 0 Å². The number of imidazole rings is 1. The van der Waals surface area contributed by atoms with E-state index in [-0.39, 0.29) is 11.6 Å². The molecule has 5 rings (SSSR count). The number of fused-ring (bicyclic) bond motifs is 1. The third-order valence-electron chi connectivity index (χ3n) is 6.65. The van der Waals surface area contributed by atoms with Crippen LogP contribution in [0.25, 0.3) is 11.0 Å². The smallest absolute Gasteiger partial charge is 0.269 e. The molecule has 0 radical (unpaired) electrons. The second-order valence-corrected chi connectivity index (χ2v) is 9.09. The number of nitrogens with one attached hydrogen (secondary N) is 1. The van der Waals surface area contributed by atoms with Crippen LogP contribution in [0.5, 0.6) is 0 Å². The lowest BCUT2D eigenvalue weighted by Gasteiger charge is -2.34. The molecular formula is C27H28N6O3. The predicted molar refractivity (Wildman–Crippen MR) is 139 cm³/mol. The SMILES string of the molecule is Cn1c(CN2CCN(Cc3ccccc3)CC2)nc2cc(NC(=O)c3ccc([N+](=O)[O-])cc3)ccc21. The largest absolute Gasteiger partial charge is 0.330 e. The van der Waals surface area contributed by atoms with Crippen molar-refractivity contribution in [2.24, 2.45) is 7.05 Å². The molecule has 2 heterocycles. The number of piperazine rings is 1. The van der Waals surface area contributed by atoms with Crippen LogP contribution in [0.3, 0.4) is 0 Å². The van der Waals surface area contributed by atoms with Crippen molar-refractivity contribution in [2.45, 2.75) is 13.1 Å². The van der Waals surface area contributed by atoms with Gasteiger partial charge < -0.3 is 9.88 Å². The number of hydrogen-bond acceptors (Lipinski definition) is 6. The lowest BCUT2D eigenvalue weighted by Crippen LogP contribution is -2.45. The number of benzene rings is 3. The van der Waals surface area contributed by atoms with Crippen molar-refractivity contribution in [1.29, 1.82) is 0 Å². The highest BCUT2D eigenvalue weighted by atomic mass is 16.6. The molecule has 1 aromatic heterocycles. The Kier molecular flexibility index (Phi) is 6.75. The van der Waals surface area contributed by atoms with Crippen molar-refractivity contribution in [2.75, 3.05) is 31.5 Å². The minimum absolute atomic E-state index is 0.0495. The number of rotatable bonds is 7. The highest BCUT2D eigenvalue weighted by Crippen LogP contribution is 2.22. The summed E-state index contributed by atoms with van der Waals surface area (Å²) >= 11 is 0. The van der Waals surface area contributed by atoms with Gasteiger partial charge in [-0.15, -0.1) is 0 Å². The number of amides is 1. The van der Waals surface area contributed by atoms with Gasteiger partial charge in [-0.3, -0.25) is 24.7 Å². The molecule has 1 fully saturated rings. The van der Waals surface area contributed by atoms with Gasteiger partial charge in [-0.05, 0) is 35.9 Å². The van der Waals surface area contributed by atoms with Crippen LogP contribution in [0.4, 0.5) is 11.4 Å². The molecule has 0 saturated carbocycles. The Morgan fingerprint density at radius 2 is 1.61 bits per heavy atom. The number of aromatic nitrogens is 2. The summed E-state index contributed by atoms with van der Waals surface area (Å²) < 4.78 is 2.10. The van der Waals surface area contributed by atoms with Crippen LogP contribution < -0.4 is 5.32 Å². The molecule has 9 nitrogen and oxygen atoms in total. The van der Waals surface area contributed by atoms with Crippen molar-refractivity contribution < 1.29 is 9.72 Å². The Labute approximate surface area is 209 Å². The van der Waals surface area contributed by atoms with Crippen LogP contribution in [0, 0.1) is 10.1 Å². The summed E-state index contributed by atoms with van der Waals surface area (Å²) in [5.41, 5.74) is 4.10. The monoisotopic (exact) mass is 484 g/mol. The van der Waals surface area contributed by atoms with Gasteiger partial charge in [0.15, 0.2) is 0 Å². The van der Waals surface area contributed by atoms with Gasteiger partial charge in [0.25, 0.3) is 11.6 Å². The number of aryl methyl sites for hydroxylation is 1. The quantitative estimate of drug-likeness (QED) is 0.314. The Hall–Kier alpha value is -4.08. The first-order valence-electron chi connectivity index (χ1n) is 12.0. The van der Waals surface area contributed by atoms with E-state index in [0.717, 1.165) is 56.1 Å². The standard InChI is InChI=1S/C27H28N6O3/c1-30-25-12-9-22(28-27(34)21-7-10-23(11-8-21)33(35)36)17-24(25)29-26(30)19-32-15-13-31(14-16-32)18-20-5-3-2-4-6-20/h2-12,17H,13-16,18-19H2,1H3,(H,28,34). The van der Waals surface area contributed by atoms with Crippen molar-refractivity contribution in [3.63, 3.8) is 0 Å². The zero-order chi connectivity index (χ0) is 25.1. The molecule has 184 valence electrons. The normalized spacial score (nSPS) is 14.7. The fourth-order valence-electron chi connectivity index (χ4n) is 4.55. The van der Waals surface area contributed by atoms with E-state index in [1.165, 1.54) is 29.8 Å². The van der Waals surface area contributed by atoms with E-state index < -0.39 is 4.92 Å². The van der Waals surface area contributed by atoms with Gasteiger partial charge in [0.2, 0.25) is 0 Å². The minimum atomic E-state index is -0.487. The summed E-state index contributed by atoms with van der Waals surface area (Å²) in [7, 11) is 2.02. The number of anilines is 1. The van der Waals surface area contributed by atoms with E-state index in [9.17, 15) is 14.9 Å². The minimum Gasteiger partial charge on any atom is -0.330 e. The molecule has 0 atom stereocenters. The van der Waals surface area contributed by atoms with Crippen LogP contribution in [0.15, 0.2) is 72.8 Å². The van der Waals surface area contributed by atoms with Crippen LogP contribution in [-0.4, -0.2) is 56.4 Å². The average molecular weight is 485 g/mol. The first-order valence-corrected chi connectivity index (χ1v) is 12.0. The number of carbonyl (C=O) groups is 1. The van der Waals surface area contributed by atoms with Gasteiger partial charge in [0.05, 0.1) is 22.5 Å². The topological polar surface area (TPSA) is 96.5 Å². The average Bonchev–Trinajstić information content (AvgIpc) is 3.20. The Morgan fingerprint density at radius 1 is 0.944 bits per heavy atom. The maximum atomic E-state index is 12.6. The van der Waals surface area contributed by atoms with Crippen LogP contribution >= 0.6 is 0 Å². The lowest BCUT2D eigenvalue weighted by atomic mass is 10.2. The molecule has 0 spiro atoms. The molecule has 1 N–H and O–H groups in total. The van der Waals surface area contributed by atoms with Crippen LogP contribution in [0.2, 0.25) is 0 Å². The second-order valence-electron chi connectivity index (χ2n) is 9.09. The molecular weight excluding hydrogens is 456 g/mol. The molecule has 1 amide bonds. The van der Waals surface area contributed by atoms with Gasteiger partial charge in [-0.1, -0.05) is 30.3 Å². The molecule has 9 heteroatoms. The summed E-state index contributed by atoms with van der Waals surface area (Å²) in [6.07, 6.45) is 0. The molecule has 0 bridgehead atoms. The molecule has 0 unspecified atom stereocenters. The number of non-ortho nitro benzene ring substituents is 1. The van der Waals surface area contributed by atoms with Crippen molar-refractivity contribution in [3.8, 4) is 0 Å².